The average Bonchev–Trinajstić information content (AvgIpc) is 3.21. The van der Waals surface area contributed by atoms with E-state index in [1.807, 2.05) is 36.1 Å². The summed E-state index contributed by atoms with van der Waals surface area (Å²) in [6.45, 7) is 2.03. The maximum absolute atomic E-state index is 12.4. The van der Waals surface area contributed by atoms with Crippen molar-refractivity contribution in [3.63, 3.8) is 0 Å². The summed E-state index contributed by atoms with van der Waals surface area (Å²) in [5.74, 6) is 0.382. The number of anilines is 1. The summed E-state index contributed by atoms with van der Waals surface area (Å²) in [7, 11) is 0. The van der Waals surface area contributed by atoms with Crippen LogP contribution in [0.25, 0.3) is 0 Å². The lowest BCUT2D eigenvalue weighted by molar-refractivity contribution is -0.120. The molecule has 1 saturated carbocycles. The zero-order chi connectivity index (χ0) is 12.7. The Hall–Kier alpha value is -1.64. The van der Waals surface area contributed by atoms with Crippen LogP contribution in [0.3, 0.4) is 0 Å². The van der Waals surface area contributed by atoms with Gasteiger partial charge in [0.15, 0.2) is 0 Å². The molecule has 94 valence electrons. The smallest absolute Gasteiger partial charge is 0.230 e. The molecule has 1 aromatic rings. The molecule has 0 N–H and O–H groups in total. The SMILES string of the molecule is C[C@H]1C[C@H](C=O)c2ccccc2N1C(=O)C1CC1. The van der Waals surface area contributed by atoms with Crippen LogP contribution in [0.2, 0.25) is 0 Å². The van der Waals surface area contributed by atoms with Gasteiger partial charge in [0, 0.05) is 23.6 Å². The van der Waals surface area contributed by atoms with Crippen molar-refractivity contribution >= 4 is 17.9 Å². The molecule has 0 aromatic heterocycles. The summed E-state index contributed by atoms with van der Waals surface area (Å²) < 4.78 is 0. The molecule has 0 spiro atoms. The van der Waals surface area contributed by atoms with Gasteiger partial charge in [-0.1, -0.05) is 18.2 Å². The lowest BCUT2D eigenvalue weighted by Gasteiger charge is -2.38. The Labute approximate surface area is 107 Å². The first kappa shape index (κ1) is 11.5. The minimum atomic E-state index is -0.0700. The Balaban J connectivity index is 2.03. The molecule has 18 heavy (non-hydrogen) atoms. The van der Waals surface area contributed by atoms with E-state index < -0.39 is 0 Å². The summed E-state index contributed by atoms with van der Waals surface area (Å²) in [4.78, 5) is 25.5. The maximum atomic E-state index is 12.4. The molecule has 0 radical (unpaired) electrons. The third-order valence-electron chi connectivity index (χ3n) is 3.96. The van der Waals surface area contributed by atoms with E-state index in [-0.39, 0.29) is 23.8 Å². The van der Waals surface area contributed by atoms with Crippen LogP contribution >= 0.6 is 0 Å². The summed E-state index contributed by atoms with van der Waals surface area (Å²) >= 11 is 0. The van der Waals surface area contributed by atoms with Gasteiger partial charge in [-0.15, -0.1) is 0 Å². The minimum absolute atomic E-state index is 0.0700. The Bertz CT molecular complexity index is 493. The predicted octanol–water partition coefficient (Wildman–Crippen LogP) is 2.50. The van der Waals surface area contributed by atoms with E-state index in [4.69, 9.17) is 0 Å². The van der Waals surface area contributed by atoms with Gasteiger partial charge in [0.2, 0.25) is 5.91 Å². The van der Waals surface area contributed by atoms with E-state index in [0.717, 1.165) is 36.8 Å². The number of fused-ring (bicyclic) bond motifs is 1. The fourth-order valence-corrected chi connectivity index (χ4v) is 2.85. The first-order valence-corrected chi connectivity index (χ1v) is 6.59. The van der Waals surface area contributed by atoms with Crippen molar-refractivity contribution < 1.29 is 9.59 Å². The molecule has 0 saturated heterocycles. The zero-order valence-corrected chi connectivity index (χ0v) is 10.5. The number of amides is 1. The van der Waals surface area contributed by atoms with Crippen molar-refractivity contribution in [1.29, 1.82) is 0 Å². The summed E-state index contributed by atoms with van der Waals surface area (Å²) in [6.07, 6.45) is 3.77. The van der Waals surface area contributed by atoms with Crippen molar-refractivity contribution in [3.8, 4) is 0 Å². The van der Waals surface area contributed by atoms with E-state index in [0.29, 0.717) is 0 Å². The van der Waals surface area contributed by atoms with Gasteiger partial charge in [-0.2, -0.15) is 0 Å². The molecule has 1 aliphatic carbocycles. The Morgan fingerprint density at radius 1 is 1.33 bits per heavy atom. The number of hydrogen-bond acceptors (Lipinski definition) is 2. The molecule has 3 rings (SSSR count). The van der Waals surface area contributed by atoms with Gasteiger partial charge in [-0.05, 0) is 37.8 Å². The number of carbonyl (C=O) groups excluding carboxylic acids is 2. The van der Waals surface area contributed by atoms with Crippen LogP contribution in [0, 0.1) is 5.92 Å². The topological polar surface area (TPSA) is 37.4 Å². The van der Waals surface area contributed by atoms with Crippen molar-refractivity contribution in [2.24, 2.45) is 5.92 Å². The largest absolute Gasteiger partial charge is 0.309 e. The number of aldehydes is 1. The highest BCUT2D eigenvalue weighted by Crippen LogP contribution is 2.41. The first-order valence-electron chi connectivity index (χ1n) is 6.59. The zero-order valence-electron chi connectivity index (χ0n) is 10.5. The van der Waals surface area contributed by atoms with Crippen molar-refractivity contribution in [3.05, 3.63) is 29.8 Å². The van der Waals surface area contributed by atoms with Crippen LogP contribution in [-0.4, -0.2) is 18.2 Å². The third kappa shape index (κ3) is 1.74. The molecule has 3 nitrogen and oxygen atoms in total. The highest BCUT2D eigenvalue weighted by atomic mass is 16.2. The Morgan fingerprint density at radius 2 is 2.06 bits per heavy atom. The van der Waals surface area contributed by atoms with Crippen LogP contribution in [-0.2, 0) is 9.59 Å². The van der Waals surface area contributed by atoms with Gasteiger partial charge in [0.25, 0.3) is 0 Å². The average molecular weight is 243 g/mol. The normalized spacial score (nSPS) is 26.6. The summed E-state index contributed by atoms with van der Waals surface area (Å²) in [5, 5.41) is 0. The lowest BCUT2D eigenvalue weighted by atomic mass is 9.87. The van der Waals surface area contributed by atoms with Crippen LogP contribution in [0.15, 0.2) is 24.3 Å². The molecule has 0 bridgehead atoms. The number of nitrogens with zero attached hydrogens (tertiary/aromatic N) is 1. The molecule has 1 amide bonds. The van der Waals surface area contributed by atoms with Gasteiger partial charge < -0.3 is 9.69 Å². The molecule has 0 unspecified atom stereocenters. The second-order valence-corrected chi connectivity index (χ2v) is 5.37. The fraction of sp³-hybridized carbons (Fsp3) is 0.467. The molecule has 2 atom stereocenters. The Morgan fingerprint density at radius 3 is 2.72 bits per heavy atom. The van der Waals surface area contributed by atoms with Crippen LogP contribution in [0.1, 0.15) is 37.7 Å². The number of carbonyl (C=O) groups is 2. The number of rotatable bonds is 2. The minimum Gasteiger partial charge on any atom is -0.309 e. The second kappa shape index (κ2) is 4.23. The standard InChI is InChI=1S/C15H17NO2/c1-10-8-12(9-17)13-4-2-3-5-14(13)16(10)15(18)11-6-7-11/h2-5,9-12H,6-8H2,1H3/t10-,12+/m0/s1. The molecule has 1 aliphatic heterocycles. The van der Waals surface area contributed by atoms with Gasteiger partial charge in [-0.25, -0.2) is 0 Å². The van der Waals surface area contributed by atoms with E-state index in [9.17, 15) is 9.59 Å². The highest BCUT2D eigenvalue weighted by molar-refractivity contribution is 5.98. The van der Waals surface area contributed by atoms with Gasteiger partial charge in [0.1, 0.15) is 6.29 Å². The van der Waals surface area contributed by atoms with Crippen molar-refractivity contribution in [1.82, 2.24) is 0 Å². The van der Waals surface area contributed by atoms with E-state index in [2.05, 4.69) is 0 Å². The Kier molecular flexibility index (Phi) is 2.69. The van der Waals surface area contributed by atoms with Crippen LogP contribution in [0.4, 0.5) is 5.69 Å². The molecule has 2 aliphatic rings. The highest BCUT2D eigenvalue weighted by Gasteiger charge is 2.39. The number of hydrogen-bond donors (Lipinski definition) is 0. The molecule has 3 heteroatoms. The summed E-state index contributed by atoms with van der Waals surface area (Å²) in [6, 6.07) is 7.91. The van der Waals surface area contributed by atoms with E-state index in [1.165, 1.54) is 0 Å². The van der Waals surface area contributed by atoms with E-state index in [1.54, 1.807) is 0 Å². The van der Waals surface area contributed by atoms with Gasteiger partial charge >= 0.3 is 0 Å². The van der Waals surface area contributed by atoms with Gasteiger partial charge in [0.05, 0.1) is 0 Å². The van der Waals surface area contributed by atoms with Crippen molar-refractivity contribution in [2.45, 2.75) is 38.1 Å². The van der Waals surface area contributed by atoms with Crippen LogP contribution in [0.5, 0.6) is 0 Å². The molecular formula is C15H17NO2. The van der Waals surface area contributed by atoms with Gasteiger partial charge in [-0.3, -0.25) is 4.79 Å². The van der Waals surface area contributed by atoms with E-state index >= 15 is 0 Å². The monoisotopic (exact) mass is 243 g/mol. The number of benzene rings is 1. The fourth-order valence-electron chi connectivity index (χ4n) is 2.85. The predicted molar refractivity (Wildman–Crippen MR) is 69.5 cm³/mol. The quantitative estimate of drug-likeness (QED) is 0.748. The first-order chi connectivity index (χ1) is 8.72. The lowest BCUT2D eigenvalue weighted by Crippen LogP contribution is -2.44. The molecule has 1 fully saturated rings. The van der Waals surface area contributed by atoms with Crippen molar-refractivity contribution in [2.75, 3.05) is 4.90 Å². The molecule has 1 heterocycles. The molecular weight excluding hydrogens is 226 g/mol. The third-order valence-corrected chi connectivity index (χ3v) is 3.96. The second-order valence-electron chi connectivity index (χ2n) is 5.37. The van der Waals surface area contributed by atoms with Crippen LogP contribution < -0.4 is 4.90 Å². The maximum Gasteiger partial charge on any atom is 0.230 e. The number of para-hydroxylation sites is 1. The molecule has 1 aromatic carbocycles. The summed E-state index contributed by atoms with van der Waals surface area (Å²) in [5.41, 5.74) is 1.94.